The summed E-state index contributed by atoms with van der Waals surface area (Å²) in [6, 6.07) is 8.22. The van der Waals surface area contributed by atoms with Gasteiger partial charge in [0.2, 0.25) is 0 Å². The van der Waals surface area contributed by atoms with Gasteiger partial charge in [0.1, 0.15) is 29.8 Å². The van der Waals surface area contributed by atoms with Crippen LogP contribution in [0.25, 0.3) is 0 Å². The molecular weight excluding hydrogens is 252 g/mol. The van der Waals surface area contributed by atoms with Crippen LogP contribution in [-0.4, -0.2) is 23.6 Å². The Morgan fingerprint density at radius 3 is 2.70 bits per heavy atom. The Bertz CT molecular complexity index is 642. The predicted octanol–water partition coefficient (Wildman–Crippen LogP) is 2.68. The minimum absolute atomic E-state index is 0.129. The van der Waals surface area contributed by atoms with Crippen LogP contribution in [0.2, 0.25) is 0 Å². The molecule has 20 heavy (non-hydrogen) atoms. The molecule has 2 N–H and O–H groups in total. The first-order valence-electron chi connectivity index (χ1n) is 6.70. The number of hydrogen-bond donors (Lipinski definition) is 2. The minimum atomic E-state index is 0.129. The van der Waals surface area contributed by atoms with Crippen LogP contribution in [-0.2, 0) is 0 Å². The number of benzene rings is 1. The van der Waals surface area contributed by atoms with Gasteiger partial charge in [-0.05, 0) is 19.9 Å². The van der Waals surface area contributed by atoms with Gasteiger partial charge in [-0.15, -0.1) is 0 Å². The smallest absolute Gasteiger partial charge is 0.135 e. The van der Waals surface area contributed by atoms with Crippen molar-refractivity contribution in [1.82, 2.24) is 9.97 Å². The highest BCUT2D eigenvalue weighted by atomic mass is 16.5. The molecule has 1 atom stereocenters. The zero-order valence-corrected chi connectivity index (χ0v) is 11.9. The number of aryl methyl sites for hydroxylation is 1. The molecule has 2 heterocycles. The number of fused-ring (bicyclic) bond motifs is 1. The van der Waals surface area contributed by atoms with Gasteiger partial charge >= 0.3 is 0 Å². The van der Waals surface area contributed by atoms with E-state index in [4.69, 9.17) is 4.74 Å². The third-order valence-electron chi connectivity index (χ3n) is 3.51. The summed E-state index contributed by atoms with van der Waals surface area (Å²) in [4.78, 5) is 8.88. The molecule has 0 aliphatic carbocycles. The van der Waals surface area contributed by atoms with Gasteiger partial charge < -0.3 is 15.4 Å². The average molecular weight is 270 g/mol. The highest BCUT2D eigenvalue weighted by molar-refractivity contribution is 5.58. The number of para-hydroxylation sites is 1. The van der Waals surface area contributed by atoms with Crippen molar-refractivity contribution in [3.8, 4) is 5.75 Å². The van der Waals surface area contributed by atoms with Gasteiger partial charge in [-0.3, -0.25) is 0 Å². The van der Waals surface area contributed by atoms with Crippen LogP contribution in [0.4, 0.5) is 11.6 Å². The van der Waals surface area contributed by atoms with Crippen LogP contribution >= 0.6 is 0 Å². The lowest BCUT2D eigenvalue weighted by molar-refractivity contribution is 0.339. The molecule has 1 unspecified atom stereocenters. The lowest BCUT2D eigenvalue weighted by Gasteiger charge is -2.16. The number of nitrogens with zero attached hydrogens (tertiary/aromatic N) is 2. The minimum Gasteiger partial charge on any atom is -0.491 e. The summed E-state index contributed by atoms with van der Waals surface area (Å²) in [5.41, 5.74) is 2.19. The molecule has 0 saturated heterocycles. The molecule has 0 saturated carbocycles. The van der Waals surface area contributed by atoms with Crippen molar-refractivity contribution in [3.63, 3.8) is 0 Å². The Kier molecular flexibility index (Phi) is 3.18. The summed E-state index contributed by atoms with van der Waals surface area (Å²) < 4.78 is 5.69. The maximum Gasteiger partial charge on any atom is 0.135 e. The van der Waals surface area contributed by atoms with E-state index in [9.17, 15) is 0 Å². The fraction of sp³-hybridized carbons (Fsp3) is 0.333. The number of rotatable bonds is 3. The van der Waals surface area contributed by atoms with E-state index >= 15 is 0 Å². The first-order chi connectivity index (χ1) is 9.69. The second kappa shape index (κ2) is 5.00. The van der Waals surface area contributed by atoms with E-state index in [1.54, 1.807) is 0 Å². The van der Waals surface area contributed by atoms with Crippen molar-refractivity contribution in [1.29, 1.82) is 0 Å². The highest BCUT2D eigenvalue weighted by Gasteiger charge is 2.24. The van der Waals surface area contributed by atoms with E-state index in [0.717, 1.165) is 28.8 Å². The molecule has 1 aliphatic rings. The van der Waals surface area contributed by atoms with Crippen molar-refractivity contribution in [2.24, 2.45) is 0 Å². The molecule has 5 nitrogen and oxygen atoms in total. The lowest BCUT2D eigenvalue weighted by atomic mass is 10.1. The zero-order valence-electron chi connectivity index (χ0n) is 11.9. The summed E-state index contributed by atoms with van der Waals surface area (Å²) in [5.74, 6) is 3.40. The third-order valence-corrected chi connectivity index (χ3v) is 3.51. The number of nitrogens with one attached hydrogen (secondary N) is 2. The molecule has 104 valence electrons. The SMILES string of the molecule is CNc1nc(C)nc(NC2COc3ccccc32)c1C. The monoisotopic (exact) mass is 270 g/mol. The first kappa shape index (κ1) is 12.7. The van der Waals surface area contributed by atoms with Gasteiger partial charge in [-0.25, -0.2) is 9.97 Å². The summed E-state index contributed by atoms with van der Waals surface area (Å²) in [5, 5.41) is 6.56. The maximum atomic E-state index is 5.69. The van der Waals surface area contributed by atoms with Crippen LogP contribution in [0, 0.1) is 13.8 Å². The third kappa shape index (κ3) is 2.15. The fourth-order valence-electron chi connectivity index (χ4n) is 2.46. The van der Waals surface area contributed by atoms with Crippen LogP contribution in [0.5, 0.6) is 5.75 Å². The maximum absolute atomic E-state index is 5.69. The summed E-state index contributed by atoms with van der Waals surface area (Å²) in [7, 11) is 1.87. The second-order valence-electron chi connectivity index (χ2n) is 4.89. The van der Waals surface area contributed by atoms with E-state index < -0.39 is 0 Å². The fourth-order valence-corrected chi connectivity index (χ4v) is 2.46. The molecule has 0 radical (unpaired) electrons. The molecule has 5 heteroatoms. The van der Waals surface area contributed by atoms with E-state index in [-0.39, 0.29) is 6.04 Å². The zero-order chi connectivity index (χ0) is 14.1. The van der Waals surface area contributed by atoms with Crippen LogP contribution < -0.4 is 15.4 Å². The molecule has 0 spiro atoms. The van der Waals surface area contributed by atoms with Gasteiger partial charge in [0.05, 0.1) is 6.04 Å². The summed E-state index contributed by atoms with van der Waals surface area (Å²) in [6.45, 7) is 4.52. The number of anilines is 2. The molecule has 1 aromatic carbocycles. The van der Waals surface area contributed by atoms with Crippen molar-refractivity contribution >= 4 is 11.6 Å². The molecule has 1 aromatic heterocycles. The Balaban J connectivity index is 1.91. The molecule has 3 rings (SSSR count). The molecule has 0 amide bonds. The van der Waals surface area contributed by atoms with E-state index in [0.29, 0.717) is 6.61 Å². The number of hydrogen-bond acceptors (Lipinski definition) is 5. The van der Waals surface area contributed by atoms with Crippen molar-refractivity contribution in [3.05, 3.63) is 41.2 Å². The van der Waals surface area contributed by atoms with Gasteiger partial charge in [0, 0.05) is 18.2 Å². The van der Waals surface area contributed by atoms with E-state index in [2.05, 4.69) is 26.7 Å². The summed E-state index contributed by atoms with van der Waals surface area (Å²) >= 11 is 0. The molecule has 0 bridgehead atoms. The topological polar surface area (TPSA) is 59.1 Å². The normalized spacial score (nSPS) is 16.4. The van der Waals surface area contributed by atoms with E-state index in [1.165, 1.54) is 5.56 Å². The summed E-state index contributed by atoms with van der Waals surface area (Å²) in [6.07, 6.45) is 0. The van der Waals surface area contributed by atoms with Crippen molar-refractivity contribution in [2.75, 3.05) is 24.3 Å². The molecule has 0 fully saturated rings. The lowest BCUT2D eigenvalue weighted by Crippen LogP contribution is -2.15. The van der Waals surface area contributed by atoms with Crippen LogP contribution in [0.15, 0.2) is 24.3 Å². The highest BCUT2D eigenvalue weighted by Crippen LogP contribution is 2.34. The second-order valence-corrected chi connectivity index (χ2v) is 4.89. The number of aromatic nitrogens is 2. The average Bonchev–Trinajstić information content (AvgIpc) is 2.86. The first-order valence-corrected chi connectivity index (χ1v) is 6.70. The van der Waals surface area contributed by atoms with Crippen LogP contribution in [0.3, 0.4) is 0 Å². The standard InChI is InChI=1S/C15H18N4O/c1-9-14(16-3)17-10(2)18-15(9)19-12-8-20-13-7-5-4-6-11(12)13/h4-7,12H,8H2,1-3H3,(H2,16,17,18,19). The Hall–Kier alpha value is -2.30. The largest absolute Gasteiger partial charge is 0.491 e. The molecule has 2 aromatic rings. The predicted molar refractivity (Wildman–Crippen MR) is 79.4 cm³/mol. The van der Waals surface area contributed by atoms with Gasteiger partial charge in [0.15, 0.2) is 0 Å². The van der Waals surface area contributed by atoms with Crippen molar-refractivity contribution in [2.45, 2.75) is 19.9 Å². The van der Waals surface area contributed by atoms with E-state index in [1.807, 2.05) is 39.1 Å². The quantitative estimate of drug-likeness (QED) is 0.898. The molecule has 1 aliphatic heterocycles. The van der Waals surface area contributed by atoms with Gasteiger partial charge in [0.25, 0.3) is 0 Å². The molecular formula is C15H18N4O. The van der Waals surface area contributed by atoms with Gasteiger partial charge in [-0.2, -0.15) is 0 Å². The number of ether oxygens (including phenoxy) is 1. The Morgan fingerprint density at radius 2 is 1.90 bits per heavy atom. The Morgan fingerprint density at radius 1 is 1.15 bits per heavy atom. The van der Waals surface area contributed by atoms with Crippen LogP contribution in [0.1, 0.15) is 23.0 Å². The Labute approximate surface area is 118 Å². The van der Waals surface area contributed by atoms with Gasteiger partial charge in [-0.1, -0.05) is 18.2 Å². The van der Waals surface area contributed by atoms with Crippen molar-refractivity contribution < 1.29 is 4.74 Å².